The van der Waals surface area contributed by atoms with Gasteiger partial charge < -0.3 is 10.6 Å². The topological polar surface area (TPSA) is 223 Å². The first kappa shape index (κ1) is 31.8. The smallest absolute Gasteiger partial charge is 0.295 e. The van der Waals surface area contributed by atoms with Gasteiger partial charge in [-0.1, -0.05) is 28.3 Å². The minimum atomic E-state index is -4.81. The highest BCUT2D eigenvalue weighted by atomic mass is 32.2. The zero-order valence-corrected chi connectivity index (χ0v) is 24.9. The van der Waals surface area contributed by atoms with Gasteiger partial charge >= 0.3 is 0 Å². The van der Waals surface area contributed by atoms with Crippen molar-refractivity contribution in [2.75, 3.05) is 10.6 Å². The van der Waals surface area contributed by atoms with Crippen molar-refractivity contribution >= 4 is 88.9 Å². The lowest BCUT2D eigenvalue weighted by atomic mass is 10.1. The summed E-state index contributed by atoms with van der Waals surface area (Å²) in [6.07, 6.45) is 0. The van der Waals surface area contributed by atoms with Crippen LogP contribution in [0.4, 0.5) is 23.0 Å². The van der Waals surface area contributed by atoms with E-state index >= 15 is 0 Å². The second kappa shape index (κ2) is 13.2. The largest absolute Gasteiger partial charge is 0.340 e. The van der Waals surface area contributed by atoms with E-state index in [1.807, 2.05) is 0 Å². The van der Waals surface area contributed by atoms with Crippen LogP contribution >= 0.6 is 24.1 Å². The van der Waals surface area contributed by atoms with E-state index in [9.17, 15) is 25.9 Å². The second-order valence-electron chi connectivity index (χ2n) is 8.77. The van der Waals surface area contributed by atoms with E-state index in [1.54, 1.807) is 48.5 Å². The third-order valence-corrected chi connectivity index (χ3v) is 8.89. The molecule has 0 radical (unpaired) electrons. The molecule has 4 aromatic carbocycles. The van der Waals surface area contributed by atoms with Crippen LogP contribution in [-0.4, -0.2) is 41.4 Å². The molecule has 44 heavy (non-hydrogen) atoms. The van der Waals surface area contributed by atoms with Crippen LogP contribution in [0.15, 0.2) is 98.4 Å². The molecule has 0 aliphatic rings. The van der Waals surface area contributed by atoms with E-state index in [1.165, 1.54) is 18.2 Å². The van der Waals surface area contributed by atoms with E-state index in [0.29, 0.717) is 44.3 Å². The quantitative estimate of drug-likeness (QED) is 0.0372. The van der Waals surface area contributed by atoms with E-state index in [-0.39, 0.29) is 10.8 Å². The van der Waals surface area contributed by atoms with E-state index < -0.39 is 30.0 Å². The number of benzene rings is 4. The van der Waals surface area contributed by atoms with Gasteiger partial charge in [0.25, 0.3) is 20.2 Å². The van der Waals surface area contributed by atoms with Crippen LogP contribution in [0.2, 0.25) is 0 Å². The zero-order chi connectivity index (χ0) is 31.5. The molecule has 5 rings (SSSR count). The van der Waals surface area contributed by atoms with Crippen molar-refractivity contribution in [3.05, 3.63) is 78.9 Å². The van der Waals surface area contributed by atoms with Crippen LogP contribution in [0.1, 0.15) is 0 Å². The predicted octanol–water partition coefficient (Wildman–Crippen LogP) is 6.23. The van der Waals surface area contributed by atoms with Crippen molar-refractivity contribution in [3.63, 3.8) is 0 Å². The van der Waals surface area contributed by atoms with Gasteiger partial charge in [-0.3, -0.25) is 9.11 Å². The number of anilines is 4. The third kappa shape index (κ3) is 7.55. The molecule has 0 spiro atoms. The molecule has 0 fully saturated rings. The molecule has 0 amide bonds. The molecular formula is C25H19N3O12S4. The number of hydrogen-bond acceptors (Lipinski definition) is 15. The first-order valence-corrected chi connectivity index (χ1v) is 16.2. The number of fused-ring (bicyclic) bond motifs is 2. The fourth-order valence-electron chi connectivity index (χ4n) is 4.23. The van der Waals surface area contributed by atoms with Gasteiger partial charge in [0.15, 0.2) is 0 Å². The van der Waals surface area contributed by atoms with Crippen LogP contribution in [-0.2, 0) is 39.0 Å². The number of nitrogens with zero attached hydrogens (tertiary/aromatic N) is 1. The monoisotopic (exact) mass is 681 g/mol. The summed E-state index contributed by atoms with van der Waals surface area (Å²) in [5.74, 6) is 0.808. The minimum Gasteiger partial charge on any atom is -0.340 e. The molecule has 0 unspecified atom stereocenters. The lowest BCUT2D eigenvalue weighted by Gasteiger charge is -2.13. The normalized spacial score (nSPS) is 12.1. The highest BCUT2D eigenvalue weighted by Crippen LogP contribution is 2.36. The molecule has 0 aliphatic carbocycles. The molecule has 15 nitrogen and oxygen atoms in total. The van der Waals surface area contributed by atoms with Gasteiger partial charge in [-0.15, -0.1) is 8.67 Å². The molecule has 230 valence electrons. The minimum absolute atomic E-state index is 0.0409. The zero-order valence-electron chi connectivity index (χ0n) is 21.6. The molecule has 5 aromatic rings. The summed E-state index contributed by atoms with van der Waals surface area (Å²) in [5.41, 5.74) is 1.04. The molecule has 0 saturated carbocycles. The molecule has 6 N–H and O–H groups in total. The number of pyridine rings is 1. The summed E-state index contributed by atoms with van der Waals surface area (Å²) in [6, 6.07) is 19.9. The van der Waals surface area contributed by atoms with Gasteiger partial charge in [0, 0.05) is 26.6 Å². The summed E-state index contributed by atoms with van der Waals surface area (Å²) in [7, 11) is -9.58. The van der Waals surface area contributed by atoms with Crippen LogP contribution in [0.3, 0.4) is 0 Å². The highest BCUT2D eigenvalue weighted by Gasteiger charge is 2.20. The maximum atomic E-state index is 11.9. The average molecular weight is 682 g/mol. The Balaban J connectivity index is 1.43. The Morgan fingerprint density at radius 2 is 1.25 bits per heavy atom. The Bertz CT molecular complexity index is 2080. The van der Waals surface area contributed by atoms with E-state index in [0.717, 1.165) is 35.5 Å². The first-order valence-electron chi connectivity index (χ1n) is 11.9. The Hall–Kier alpha value is -3.57. The average Bonchev–Trinajstić information content (AvgIpc) is 2.97. The van der Waals surface area contributed by atoms with Crippen molar-refractivity contribution in [1.82, 2.24) is 4.98 Å². The number of nitrogens with one attached hydrogen (secondary N) is 2. The summed E-state index contributed by atoms with van der Waals surface area (Å²) in [6.45, 7) is 0. The predicted molar refractivity (Wildman–Crippen MR) is 160 cm³/mol. The Morgan fingerprint density at radius 3 is 1.84 bits per heavy atom. The van der Waals surface area contributed by atoms with Crippen molar-refractivity contribution in [2.45, 2.75) is 19.6 Å². The van der Waals surface area contributed by atoms with Crippen molar-refractivity contribution in [1.29, 1.82) is 0 Å². The number of rotatable bonds is 12. The third-order valence-electron chi connectivity index (χ3n) is 5.96. The number of hydrogen-bond donors (Lipinski definition) is 6. The fourth-order valence-corrected chi connectivity index (χ4v) is 6.66. The second-order valence-corrected chi connectivity index (χ2v) is 13.1. The number of aromatic nitrogens is 1. The van der Waals surface area contributed by atoms with Gasteiger partial charge in [0.05, 0.1) is 29.0 Å². The van der Waals surface area contributed by atoms with Crippen molar-refractivity contribution < 1.29 is 55.2 Å². The van der Waals surface area contributed by atoms with Gasteiger partial charge in [-0.05, 0) is 76.8 Å². The maximum Gasteiger partial charge on any atom is 0.295 e. The molecule has 0 bridgehead atoms. The first-order chi connectivity index (χ1) is 20.9. The van der Waals surface area contributed by atoms with Crippen LogP contribution in [0.5, 0.6) is 0 Å². The summed E-state index contributed by atoms with van der Waals surface area (Å²) in [5, 5.41) is 32.2. The van der Waals surface area contributed by atoms with Gasteiger partial charge in [0.1, 0.15) is 16.5 Å². The molecule has 0 aliphatic heterocycles. The Kier molecular flexibility index (Phi) is 9.55. The Morgan fingerprint density at radius 1 is 0.659 bits per heavy atom. The molecule has 0 saturated heterocycles. The lowest BCUT2D eigenvalue weighted by Crippen LogP contribution is -2.04. The van der Waals surface area contributed by atoms with Gasteiger partial charge in [-0.25, -0.2) is 15.5 Å². The molecule has 0 atom stereocenters. The van der Waals surface area contributed by atoms with Gasteiger partial charge in [-0.2, -0.15) is 16.8 Å². The summed E-state index contributed by atoms with van der Waals surface area (Å²) < 4.78 is 75.4. The standard InChI is InChI=1S/C25H19N3O12S4/c29-37-39-41-18-10-14-8-16(4-6-20(14)22(12-18)42-40-38-30)26-24-2-1-3-25(28-24)27-17-5-7-21-15(9-17)11-19(43(31,32)33)13-23(21)44(34,35)36/h1-13,29-30H,(H2,26,27,28)(H,31,32,33)(H,34,35,36). The van der Waals surface area contributed by atoms with Crippen LogP contribution in [0, 0.1) is 0 Å². The van der Waals surface area contributed by atoms with Crippen molar-refractivity contribution in [2.24, 2.45) is 0 Å². The molecular weight excluding hydrogens is 663 g/mol. The Labute approximate surface area is 257 Å². The van der Waals surface area contributed by atoms with Crippen molar-refractivity contribution in [3.8, 4) is 0 Å². The molecule has 19 heteroatoms. The highest BCUT2D eigenvalue weighted by molar-refractivity contribution is 7.95. The summed E-state index contributed by atoms with van der Waals surface area (Å²) in [4.78, 5) is 4.23. The van der Waals surface area contributed by atoms with Gasteiger partial charge in [0.2, 0.25) is 0 Å². The molecule has 1 heterocycles. The van der Waals surface area contributed by atoms with E-state index in [2.05, 4.69) is 34.4 Å². The SMILES string of the molecule is O=S(=O)(O)c1cc(S(=O)(=O)O)c2ccc(Nc3cccc(Nc4ccc5c(SOOO)cc(SOOO)cc5c4)n3)cc2c1. The van der Waals surface area contributed by atoms with Crippen LogP contribution in [0.25, 0.3) is 21.5 Å². The summed E-state index contributed by atoms with van der Waals surface area (Å²) >= 11 is 1.47. The van der Waals surface area contributed by atoms with Crippen LogP contribution < -0.4 is 10.6 Å². The maximum absolute atomic E-state index is 11.9. The molecule has 1 aromatic heterocycles. The van der Waals surface area contributed by atoms with E-state index in [4.69, 9.17) is 10.5 Å². The fraction of sp³-hybridized carbons (Fsp3) is 0. The lowest BCUT2D eigenvalue weighted by molar-refractivity contribution is -0.432.